The van der Waals surface area contributed by atoms with Gasteiger partial charge in [-0.15, -0.1) is 0 Å². The number of carbonyl (C=O) groups is 1. The Labute approximate surface area is 231 Å². The lowest BCUT2D eigenvalue weighted by Gasteiger charge is -2.33. The number of benzene rings is 2. The van der Waals surface area contributed by atoms with Gasteiger partial charge in [0.25, 0.3) is 0 Å². The molecule has 7 nitrogen and oxygen atoms in total. The van der Waals surface area contributed by atoms with Gasteiger partial charge in [0.1, 0.15) is 5.75 Å². The van der Waals surface area contributed by atoms with Crippen molar-refractivity contribution >= 4 is 17.7 Å². The number of nitrogens with zero attached hydrogens (tertiary/aromatic N) is 1. The molecule has 2 saturated carbocycles. The molecule has 2 aliphatic carbocycles. The van der Waals surface area contributed by atoms with Crippen LogP contribution in [0, 0.1) is 17.8 Å². The second-order valence-corrected chi connectivity index (χ2v) is 12.1. The fourth-order valence-corrected chi connectivity index (χ4v) is 7.76. The first-order chi connectivity index (χ1) is 19.1. The second kappa shape index (κ2) is 10.4. The van der Waals surface area contributed by atoms with Crippen LogP contribution in [0.25, 0.3) is 6.08 Å². The van der Waals surface area contributed by atoms with Gasteiger partial charge >= 0.3 is 0 Å². The molecule has 0 aromatic heterocycles. The SMILES string of the molecule is COc1ccc2c(c1)[C@]1(C[C@H]1C1CCC3C(/C=C/c4ccc(CN5CCCOCC5)cc4)NNC3C1)C(=O)N2. The number of carbonyl (C=O) groups excluding carboxylic acids is 1. The van der Waals surface area contributed by atoms with E-state index in [2.05, 4.69) is 63.6 Å². The Bertz CT molecular complexity index is 1240. The first kappa shape index (κ1) is 25.3. The molecular weight excluding hydrogens is 488 g/mol. The molecule has 206 valence electrons. The topological polar surface area (TPSA) is 74.9 Å². The van der Waals surface area contributed by atoms with Gasteiger partial charge in [0, 0.05) is 44.0 Å². The summed E-state index contributed by atoms with van der Waals surface area (Å²) in [5.41, 5.74) is 11.5. The zero-order valence-corrected chi connectivity index (χ0v) is 22.8. The Balaban J connectivity index is 0.957. The van der Waals surface area contributed by atoms with Crippen molar-refractivity contribution in [2.75, 3.05) is 38.7 Å². The molecule has 7 rings (SSSR count). The zero-order valence-electron chi connectivity index (χ0n) is 22.8. The summed E-state index contributed by atoms with van der Waals surface area (Å²) in [5.74, 6) is 2.58. The van der Waals surface area contributed by atoms with Crippen LogP contribution in [-0.2, 0) is 21.5 Å². The number of ether oxygens (including phenoxy) is 2. The van der Waals surface area contributed by atoms with Gasteiger partial charge in [-0.1, -0.05) is 36.4 Å². The van der Waals surface area contributed by atoms with Gasteiger partial charge in [0.05, 0.1) is 19.1 Å². The van der Waals surface area contributed by atoms with Crippen molar-refractivity contribution in [2.45, 2.75) is 56.1 Å². The van der Waals surface area contributed by atoms with Crippen molar-refractivity contribution in [1.82, 2.24) is 15.8 Å². The molecule has 3 heterocycles. The Morgan fingerprint density at radius 1 is 1.10 bits per heavy atom. The molecule has 6 atom stereocenters. The van der Waals surface area contributed by atoms with E-state index in [-0.39, 0.29) is 11.3 Å². The van der Waals surface area contributed by atoms with Crippen molar-refractivity contribution in [3.05, 3.63) is 65.2 Å². The van der Waals surface area contributed by atoms with Crippen LogP contribution in [0.1, 0.15) is 48.8 Å². The summed E-state index contributed by atoms with van der Waals surface area (Å²) in [7, 11) is 1.69. The van der Waals surface area contributed by atoms with E-state index in [1.807, 2.05) is 12.1 Å². The number of anilines is 1. The third kappa shape index (κ3) is 4.69. The highest BCUT2D eigenvalue weighted by atomic mass is 16.5. The Morgan fingerprint density at radius 3 is 2.87 bits per heavy atom. The maximum absolute atomic E-state index is 13.1. The Hall–Kier alpha value is -2.71. The van der Waals surface area contributed by atoms with Crippen molar-refractivity contribution < 1.29 is 14.3 Å². The molecule has 5 aliphatic rings. The minimum atomic E-state index is -0.347. The number of hydrogen-bond acceptors (Lipinski definition) is 6. The number of nitrogens with one attached hydrogen (secondary N) is 3. The monoisotopic (exact) mass is 528 g/mol. The van der Waals surface area contributed by atoms with E-state index >= 15 is 0 Å². The smallest absolute Gasteiger partial charge is 0.235 e. The zero-order chi connectivity index (χ0) is 26.4. The summed E-state index contributed by atoms with van der Waals surface area (Å²) in [6, 6.07) is 15.8. The summed E-state index contributed by atoms with van der Waals surface area (Å²) in [5, 5.41) is 3.14. The van der Waals surface area contributed by atoms with E-state index in [0.29, 0.717) is 29.8 Å². The fourth-order valence-electron chi connectivity index (χ4n) is 7.76. The molecular formula is C32H40N4O3. The molecule has 39 heavy (non-hydrogen) atoms. The highest BCUT2D eigenvalue weighted by Crippen LogP contribution is 2.65. The summed E-state index contributed by atoms with van der Waals surface area (Å²) in [6.45, 7) is 4.85. The molecule has 1 amide bonds. The standard InChI is InChI=1S/C32H40N4O3/c1-38-24-9-12-29-26(18-24)32(31(37)33-29)19-27(32)23-8-10-25-28(34-35-30(25)17-23)11-7-21-3-5-22(6-4-21)20-36-13-2-15-39-16-14-36/h3-7,9,11-12,18,23,25,27-28,30,34-35H,2,8,10,13-17,19-20H2,1H3,(H,33,37)/b11-7+/t23?,25?,27-,28?,30?,32-/m0/s1. The predicted octanol–water partition coefficient (Wildman–Crippen LogP) is 4.10. The number of methoxy groups -OCH3 is 1. The van der Waals surface area contributed by atoms with Gasteiger partial charge in [-0.05, 0) is 84.7 Å². The molecule has 4 fully saturated rings. The number of rotatable bonds is 6. The third-order valence-corrected chi connectivity index (χ3v) is 9.98. The van der Waals surface area contributed by atoms with Gasteiger partial charge in [0.2, 0.25) is 5.91 Å². The lowest BCUT2D eigenvalue weighted by atomic mass is 9.73. The Kier molecular flexibility index (Phi) is 6.71. The third-order valence-electron chi connectivity index (χ3n) is 9.98. The highest BCUT2D eigenvalue weighted by molar-refractivity contribution is 6.09. The molecule has 4 unspecified atom stereocenters. The normalized spacial score (nSPS) is 34.1. The molecule has 3 aliphatic heterocycles. The predicted molar refractivity (Wildman–Crippen MR) is 152 cm³/mol. The van der Waals surface area contributed by atoms with Crippen LogP contribution < -0.4 is 20.9 Å². The van der Waals surface area contributed by atoms with Gasteiger partial charge in [0.15, 0.2) is 0 Å². The largest absolute Gasteiger partial charge is 0.497 e. The molecule has 3 N–H and O–H groups in total. The Morgan fingerprint density at radius 2 is 2.00 bits per heavy atom. The average Bonchev–Trinajstić information content (AvgIpc) is 3.60. The number of fused-ring (bicyclic) bond motifs is 3. The molecule has 2 saturated heterocycles. The summed E-state index contributed by atoms with van der Waals surface area (Å²) in [6.07, 6.45) is 10.2. The molecule has 2 aromatic carbocycles. The van der Waals surface area contributed by atoms with E-state index in [0.717, 1.165) is 69.1 Å². The molecule has 2 aromatic rings. The van der Waals surface area contributed by atoms with Crippen LogP contribution in [0.4, 0.5) is 5.69 Å². The second-order valence-electron chi connectivity index (χ2n) is 12.1. The fraction of sp³-hybridized carbons (Fsp3) is 0.531. The van der Waals surface area contributed by atoms with Gasteiger partial charge in [-0.3, -0.25) is 20.5 Å². The van der Waals surface area contributed by atoms with Gasteiger partial charge < -0.3 is 14.8 Å². The van der Waals surface area contributed by atoms with Crippen LogP contribution in [0.3, 0.4) is 0 Å². The maximum atomic E-state index is 13.1. The minimum Gasteiger partial charge on any atom is -0.497 e. The summed E-state index contributed by atoms with van der Waals surface area (Å²) in [4.78, 5) is 15.6. The van der Waals surface area contributed by atoms with Crippen LogP contribution in [0.2, 0.25) is 0 Å². The van der Waals surface area contributed by atoms with Crippen LogP contribution in [0.15, 0.2) is 48.5 Å². The van der Waals surface area contributed by atoms with Crippen LogP contribution in [0.5, 0.6) is 5.75 Å². The van der Waals surface area contributed by atoms with Gasteiger partial charge in [-0.2, -0.15) is 0 Å². The van der Waals surface area contributed by atoms with Crippen LogP contribution in [-0.4, -0.2) is 56.3 Å². The number of hydrogen-bond donors (Lipinski definition) is 3. The van der Waals surface area contributed by atoms with Crippen molar-refractivity contribution in [2.24, 2.45) is 17.8 Å². The van der Waals surface area contributed by atoms with Crippen molar-refractivity contribution in [3.63, 3.8) is 0 Å². The van der Waals surface area contributed by atoms with E-state index < -0.39 is 0 Å². The van der Waals surface area contributed by atoms with E-state index in [1.54, 1.807) is 7.11 Å². The quantitative estimate of drug-likeness (QED) is 0.524. The number of hydrazine groups is 1. The van der Waals surface area contributed by atoms with Gasteiger partial charge in [-0.25, -0.2) is 0 Å². The van der Waals surface area contributed by atoms with Crippen LogP contribution >= 0.6 is 0 Å². The first-order valence-corrected chi connectivity index (χ1v) is 14.7. The molecule has 0 bridgehead atoms. The molecule has 7 heteroatoms. The lowest BCUT2D eigenvalue weighted by molar-refractivity contribution is -0.118. The average molecular weight is 529 g/mol. The summed E-state index contributed by atoms with van der Waals surface area (Å²) < 4.78 is 11.1. The maximum Gasteiger partial charge on any atom is 0.235 e. The lowest BCUT2D eigenvalue weighted by Crippen LogP contribution is -2.37. The molecule has 0 radical (unpaired) electrons. The molecule has 1 spiro atoms. The number of amides is 1. The van der Waals surface area contributed by atoms with E-state index in [9.17, 15) is 4.79 Å². The first-order valence-electron chi connectivity index (χ1n) is 14.7. The van der Waals surface area contributed by atoms with Crippen molar-refractivity contribution in [3.8, 4) is 5.75 Å². The minimum absolute atomic E-state index is 0.183. The van der Waals surface area contributed by atoms with E-state index in [1.165, 1.54) is 24.0 Å². The summed E-state index contributed by atoms with van der Waals surface area (Å²) >= 11 is 0. The highest BCUT2D eigenvalue weighted by Gasteiger charge is 2.67. The van der Waals surface area contributed by atoms with E-state index in [4.69, 9.17) is 9.47 Å². The van der Waals surface area contributed by atoms with Crippen molar-refractivity contribution in [1.29, 1.82) is 0 Å².